The molecule has 0 radical (unpaired) electrons. The predicted octanol–water partition coefficient (Wildman–Crippen LogP) is 3.93. The maximum atomic E-state index is 11.7. The minimum absolute atomic E-state index is 0.0172. The van der Waals surface area contributed by atoms with Gasteiger partial charge in [0.25, 0.3) is 0 Å². The molecule has 2 nitrogen and oxygen atoms in total. The molecule has 0 bridgehead atoms. The fraction of sp³-hybridized carbons (Fsp3) is 0.364. The number of carbonyl (C=O) groups excluding carboxylic acids is 1. The number of para-hydroxylation sites is 1. The summed E-state index contributed by atoms with van der Waals surface area (Å²) in [5.41, 5.74) is 2.28. The minimum Gasteiger partial charge on any atom is -0.297 e. The molecular formula is C11H11Cl4NO. The maximum absolute atomic E-state index is 11.7. The van der Waals surface area contributed by atoms with Gasteiger partial charge in [-0.1, -0.05) is 18.2 Å². The van der Waals surface area contributed by atoms with E-state index in [1.165, 1.54) is 4.90 Å². The first-order valence-electron chi connectivity index (χ1n) is 4.84. The lowest BCUT2D eigenvalue weighted by Gasteiger charge is -2.24. The minimum atomic E-state index is -0.273. The van der Waals surface area contributed by atoms with Gasteiger partial charge in [-0.15, -0.1) is 46.4 Å². The lowest BCUT2D eigenvalue weighted by molar-refractivity contribution is -0.116. The Labute approximate surface area is 120 Å². The van der Waals surface area contributed by atoms with Crippen LogP contribution in [0.2, 0.25) is 0 Å². The molecule has 94 valence electrons. The summed E-state index contributed by atoms with van der Waals surface area (Å²) < 4.78 is 0. The van der Waals surface area contributed by atoms with Gasteiger partial charge in [-0.3, -0.25) is 9.69 Å². The summed E-state index contributed by atoms with van der Waals surface area (Å²) in [6, 6.07) is 5.53. The smallest absolute Gasteiger partial charge is 0.242 e. The SMILES string of the molecule is O=C(CCl)N(CCl)c1c(CCl)cccc1CCl. The van der Waals surface area contributed by atoms with Gasteiger partial charge in [-0.2, -0.15) is 0 Å². The number of hydrogen-bond acceptors (Lipinski definition) is 1. The molecule has 0 heterocycles. The average molecular weight is 315 g/mol. The number of nitrogens with zero attached hydrogens (tertiary/aromatic N) is 1. The summed E-state index contributed by atoms with van der Waals surface area (Å²) in [6.45, 7) is 0. The van der Waals surface area contributed by atoms with E-state index in [0.717, 1.165) is 11.1 Å². The van der Waals surface area contributed by atoms with Gasteiger partial charge in [0.2, 0.25) is 5.91 Å². The second-order valence-corrected chi connectivity index (χ2v) is 4.31. The van der Waals surface area contributed by atoms with Gasteiger partial charge in [-0.25, -0.2) is 0 Å². The van der Waals surface area contributed by atoms with E-state index >= 15 is 0 Å². The number of amides is 1. The first kappa shape index (κ1) is 14.9. The van der Waals surface area contributed by atoms with Gasteiger partial charge in [0, 0.05) is 11.8 Å². The zero-order valence-electron chi connectivity index (χ0n) is 8.93. The van der Waals surface area contributed by atoms with Gasteiger partial charge < -0.3 is 0 Å². The van der Waals surface area contributed by atoms with E-state index in [0.29, 0.717) is 5.69 Å². The van der Waals surface area contributed by atoms with Crippen LogP contribution in [-0.4, -0.2) is 17.8 Å². The summed E-state index contributed by atoms with van der Waals surface area (Å²) in [5.74, 6) is 0.155. The van der Waals surface area contributed by atoms with Crippen LogP contribution in [0.25, 0.3) is 0 Å². The molecule has 1 rings (SSSR count). The van der Waals surface area contributed by atoms with Crippen molar-refractivity contribution in [2.45, 2.75) is 11.8 Å². The van der Waals surface area contributed by atoms with Crippen molar-refractivity contribution in [3.8, 4) is 0 Å². The Morgan fingerprint density at radius 2 is 1.59 bits per heavy atom. The highest BCUT2D eigenvalue weighted by molar-refractivity contribution is 6.31. The Hall–Kier alpha value is -0.150. The van der Waals surface area contributed by atoms with Gasteiger partial charge in [0.15, 0.2) is 0 Å². The summed E-state index contributed by atoms with van der Waals surface area (Å²) >= 11 is 23.1. The Kier molecular flexibility index (Phi) is 6.42. The molecule has 0 unspecified atom stereocenters. The number of hydrogen-bond donors (Lipinski definition) is 0. The molecule has 0 aromatic heterocycles. The van der Waals surface area contributed by atoms with Crippen molar-refractivity contribution >= 4 is 58.0 Å². The largest absolute Gasteiger partial charge is 0.297 e. The van der Waals surface area contributed by atoms with Crippen LogP contribution in [0.4, 0.5) is 5.69 Å². The fourth-order valence-corrected chi connectivity index (χ4v) is 2.36. The van der Waals surface area contributed by atoms with Crippen LogP contribution in [0.3, 0.4) is 0 Å². The lowest BCUT2D eigenvalue weighted by atomic mass is 10.1. The van der Waals surface area contributed by atoms with Crippen molar-refractivity contribution < 1.29 is 4.79 Å². The number of anilines is 1. The average Bonchev–Trinajstić information content (AvgIpc) is 2.39. The van der Waals surface area contributed by atoms with Crippen molar-refractivity contribution in [1.82, 2.24) is 0 Å². The standard InChI is InChI=1S/C11H11Cl4NO/c12-4-8-2-1-3-9(5-13)11(8)16(7-15)10(17)6-14/h1-3H,4-7H2. The molecular weight excluding hydrogens is 304 g/mol. The third-order valence-corrected chi connectivity index (χ3v) is 3.34. The Balaban J connectivity index is 3.29. The molecule has 1 aromatic carbocycles. The van der Waals surface area contributed by atoms with Gasteiger partial charge in [0.05, 0.1) is 5.69 Å². The molecule has 0 aliphatic rings. The Morgan fingerprint density at radius 3 is 1.94 bits per heavy atom. The summed E-state index contributed by atoms with van der Waals surface area (Å²) in [7, 11) is 0. The first-order valence-corrected chi connectivity index (χ1v) is 6.98. The monoisotopic (exact) mass is 313 g/mol. The summed E-state index contributed by atoms with van der Waals surface area (Å²) in [4.78, 5) is 13.1. The van der Waals surface area contributed by atoms with Gasteiger partial charge in [-0.05, 0) is 11.1 Å². The predicted molar refractivity (Wildman–Crippen MR) is 74.5 cm³/mol. The van der Waals surface area contributed by atoms with E-state index < -0.39 is 0 Å². The van der Waals surface area contributed by atoms with Crippen molar-refractivity contribution in [3.05, 3.63) is 29.3 Å². The highest BCUT2D eigenvalue weighted by Crippen LogP contribution is 2.29. The zero-order chi connectivity index (χ0) is 12.8. The number of rotatable bonds is 5. The Bertz CT molecular complexity index is 375. The van der Waals surface area contributed by atoms with E-state index in [4.69, 9.17) is 46.4 Å². The number of halogens is 4. The first-order chi connectivity index (χ1) is 8.19. The summed E-state index contributed by atoms with van der Waals surface area (Å²) in [6.07, 6.45) is 0. The van der Waals surface area contributed by atoms with Crippen molar-refractivity contribution in [1.29, 1.82) is 0 Å². The number of carbonyl (C=O) groups is 1. The van der Waals surface area contributed by atoms with Gasteiger partial charge in [0.1, 0.15) is 11.9 Å². The van der Waals surface area contributed by atoms with E-state index in [9.17, 15) is 4.79 Å². The third-order valence-electron chi connectivity index (χ3n) is 2.30. The van der Waals surface area contributed by atoms with Crippen LogP contribution in [0.1, 0.15) is 11.1 Å². The lowest BCUT2D eigenvalue weighted by Crippen LogP contribution is -2.32. The summed E-state index contributed by atoms with van der Waals surface area (Å²) in [5, 5.41) is 0. The molecule has 0 atom stereocenters. The van der Waals surface area contributed by atoms with Crippen LogP contribution in [0, 0.1) is 0 Å². The quantitative estimate of drug-likeness (QED) is 0.595. The van der Waals surface area contributed by atoms with Crippen LogP contribution >= 0.6 is 46.4 Å². The topological polar surface area (TPSA) is 20.3 Å². The highest BCUT2D eigenvalue weighted by Gasteiger charge is 2.19. The molecule has 1 aromatic rings. The molecule has 1 amide bonds. The molecule has 0 aliphatic heterocycles. The number of alkyl halides is 4. The molecule has 0 N–H and O–H groups in total. The normalized spacial score (nSPS) is 10.4. The van der Waals surface area contributed by atoms with Crippen molar-refractivity contribution in [3.63, 3.8) is 0 Å². The van der Waals surface area contributed by atoms with E-state index in [1.54, 1.807) is 0 Å². The molecule has 0 saturated heterocycles. The van der Waals surface area contributed by atoms with Crippen LogP contribution in [-0.2, 0) is 16.6 Å². The van der Waals surface area contributed by atoms with Crippen LogP contribution < -0.4 is 4.90 Å². The molecule has 17 heavy (non-hydrogen) atoms. The Morgan fingerprint density at radius 1 is 1.06 bits per heavy atom. The van der Waals surface area contributed by atoms with Crippen molar-refractivity contribution in [2.24, 2.45) is 0 Å². The van der Waals surface area contributed by atoms with Crippen LogP contribution in [0.15, 0.2) is 18.2 Å². The third kappa shape index (κ3) is 3.41. The number of benzene rings is 1. The molecule has 0 aliphatic carbocycles. The zero-order valence-corrected chi connectivity index (χ0v) is 12.0. The van der Waals surface area contributed by atoms with Crippen LogP contribution in [0.5, 0.6) is 0 Å². The second-order valence-electron chi connectivity index (χ2n) is 3.27. The second kappa shape index (κ2) is 7.32. The van der Waals surface area contributed by atoms with Gasteiger partial charge >= 0.3 is 0 Å². The van der Waals surface area contributed by atoms with E-state index in [1.807, 2.05) is 18.2 Å². The molecule has 0 saturated carbocycles. The molecule has 0 spiro atoms. The van der Waals surface area contributed by atoms with E-state index in [2.05, 4.69) is 0 Å². The maximum Gasteiger partial charge on any atom is 0.242 e. The molecule has 0 fully saturated rings. The van der Waals surface area contributed by atoms with E-state index in [-0.39, 0.29) is 29.6 Å². The molecule has 6 heteroatoms. The fourth-order valence-electron chi connectivity index (χ4n) is 1.53. The van der Waals surface area contributed by atoms with Crippen molar-refractivity contribution in [2.75, 3.05) is 16.8 Å². The highest BCUT2D eigenvalue weighted by atomic mass is 35.5.